The van der Waals surface area contributed by atoms with E-state index in [1.165, 1.54) is 19.2 Å². The van der Waals surface area contributed by atoms with Crippen molar-refractivity contribution < 1.29 is 14.5 Å². The van der Waals surface area contributed by atoms with Gasteiger partial charge in [0.1, 0.15) is 0 Å². The van der Waals surface area contributed by atoms with E-state index in [0.29, 0.717) is 4.47 Å². The first kappa shape index (κ1) is 11.4. The fourth-order valence-electron chi connectivity index (χ4n) is 0.870. The van der Waals surface area contributed by atoms with Gasteiger partial charge in [-0.3, -0.25) is 10.1 Å². The van der Waals surface area contributed by atoms with E-state index < -0.39 is 11.0 Å². The van der Waals surface area contributed by atoms with Gasteiger partial charge in [0, 0.05) is 17.6 Å². The highest BCUT2D eigenvalue weighted by atomic mass is 79.9. The Labute approximate surface area is 93.5 Å². The number of benzene rings is 1. The zero-order valence-corrected chi connectivity index (χ0v) is 9.28. The summed E-state index contributed by atoms with van der Waals surface area (Å²) in [4.78, 5) is 20.9. The number of nitrogens with zero attached hydrogens (tertiary/aromatic N) is 1. The van der Waals surface area contributed by atoms with Crippen LogP contribution in [0.15, 0.2) is 22.7 Å². The summed E-state index contributed by atoms with van der Waals surface area (Å²) in [5, 5.41) is 12.8. The molecule has 0 fully saturated rings. The first-order valence-electron chi connectivity index (χ1n) is 3.88. The quantitative estimate of drug-likeness (QED) is 0.661. The molecule has 0 spiro atoms. The Morgan fingerprint density at radius 1 is 1.60 bits per heavy atom. The van der Waals surface area contributed by atoms with Crippen LogP contribution in [0.3, 0.4) is 0 Å². The summed E-state index contributed by atoms with van der Waals surface area (Å²) < 4.78 is 5.24. The van der Waals surface area contributed by atoms with Crippen LogP contribution in [0.25, 0.3) is 0 Å². The standard InChI is InChI=1S/C8H7BrN2O4/c1-10-8(12)15-7-3-2-5(9)4-6(7)11(13)14/h2-4H,1H3,(H,10,12). The number of amides is 1. The normalized spacial score (nSPS) is 9.47. The van der Waals surface area contributed by atoms with E-state index in [2.05, 4.69) is 21.2 Å². The number of rotatable bonds is 2. The molecule has 80 valence electrons. The van der Waals surface area contributed by atoms with Gasteiger partial charge >= 0.3 is 11.8 Å². The number of hydrogen-bond acceptors (Lipinski definition) is 4. The smallest absolute Gasteiger partial charge is 0.403 e. The lowest BCUT2D eigenvalue weighted by molar-refractivity contribution is -0.385. The van der Waals surface area contributed by atoms with Crippen LogP contribution in [0.5, 0.6) is 5.75 Å². The average Bonchev–Trinajstić information content (AvgIpc) is 2.20. The number of ether oxygens (including phenoxy) is 1. The summed E-state index contributed by atoms with van der Waals surface area (Å²) in [7, 11) is 1.37. The molecule has 1 N–H and O–H groups in total. The maximum Gasteiger partial charge on any atom is 0.412 e. The summed E-state index contributed by atoms with van der Waals surface area (Å²) in [6.45, 7) is 0. The highest BCUT2D eigenvalue weighted by molar-refractivity contribution is 9.10. The number of halogens is 1. The molecule has 0 bridgehead atoms. The van der Waals surface area contributed by atoms with Crippen molar-refractivity contribution in [1.82, 2.24) is 5.32 Å². The van der Waals surface area contributed by atoms with E-state index in [1.54, 1.807) is 6.07 Å². The minimum absolute atomic E-state index is 0.0949. The van der Waals surface area contributed by atoms with Crippen LogP contribution in [-0.2, 0) is 0 Å². The van der Waals surface area contributed by atoms with Crippen LogP contribution in [0, 0.1) is 10.1 Å². The van der Waals surface area contributed by atoms with Gasteiger partial charge in [0.15, 0.2) is 0 Å². The lowest BCUT2D eigenvalue weighted by atomic mass is 10.3. The summed E-state index contributed by atoms with van der Waals surface area (Å²) in [6.07, 6.45) is -0.750. The van der Waals surface area contributed by atoms with Crippen LogP contribution < -0.4 is 10.1 Å². The Bertz CT molecular complexity index is 408. The molecule has 0 aromatic heterocycles. The number of nitrogens with one attached hydrogen (secondary N) is 1. The lowest BCUT2D eigenvalue weighted by Gasteiger charge is -2.03. The van der Waals surface area contributed by atoms with Gasteiger partial charge in [-0.15, -0.1) is 0 Å². The zero-order chi connectivity index (χ0) is 11.4. The molecule has 6 nitrogen and oxygen atoms in total. The molecule has 0 saturated carbocycles. The number of hydrogen-bond donors (Lipinski definition) is 1. The maximum atomic E-state index is 10.9. The minimum atomic E-state index is -0.750. The van der Waals surface area contributed by atoms with Crippen molar-refractivity contribution in [2.75, 3.05) is 7.05 Å². The fourth-order valence-corrected chi connectivity index (χ4v) is 1.22. The van der Waals surface area contributed by atoms with E-state index in [1.807, 2.05) is 0 Å². The predicted octanol–water partition coefficient (Wildman–Crippen LogP) is 2.08. The molecule has 0 aliphatic rings. The molecule has 15 heavy (non-hydrogen) atoms. The predicted molar refractivity (Wildman–Crippen MR) is 55.9 cm³/mol. The third-order valence-electron chi connectivity index (χ3n) is 1.52. The Morgan fingerprint density at radius 2 is 2.27 bits per heavy atom. The Hall–Kier alpha value is -1.63. The monoisotopic (exact) mass is 274 g/mol. The molecule has 0 aliphatic carbocycles. The van der Waals surface area contributed by atoms with Crippen molar-refractivity contribution in [3.8, 4) is 5.75 Å². The molecule has 7 heteroatoms. The van der Waals surface area contributed by atoms with E-state index in [0.717, 1.165) is 0 Å². The molecular weight excluding hydrogens is 268 g/mol. The topological polar surface area (TPSA) is 81.5 Å². The summed E-state index contributed by atoms with van der Waals surface area (Å²) in [5.74, 6) is -0.0949. The van der Waals surface area contributed by atoms with Crippen molar-refractivity contribution in [3.63, 3.8) is 0 Å². The highest BCUT2D eigenvalue weighted by Crippen LogP contribution is 2.29. The van der Waals surface area contributed by atoms with Crippen molar-refractivity contribution in [2.24, 2.45) is 0 Å². The lowest BCUT2D eigenvalue weighted by Crippen LogP contribution is -2.22. The molecule has 0 heterocycles. The van der Waals surface area contributed by atoms with E-state index in [4.69, 9.17) is 4.74 Å². The molecule has 0 saturated heterocycles. The summed E-state index contributed by atoms with van der Waals surface area (Å²) in [5.41, 5.74) is -0.270. The molecule has 0 atom stereocenters. The molecular formula is C8H7BrN2O4. The van der Waals surface area contributed by atoms with E-state index in [9.17, 15) is 14.9 Å². The minimum Gasteiger partial charge on any atom is -0.403 e. The van der Waals surface area contributed by atoms with Crippen LogP contribution in [0.4, 0.5) is 10.5 Å². The third kappa shape index (κ3) is 2.91. The van der Waals surface area contributed by atoms with Crippen LogP contribution >= 0.6 is 15.9 Å². The van der Waals surface area contributed by atoms with Crippen molar-refractivity contribution >= 4 is 27.7 Å². The van der Waals surface area contributed by atoms with Crippen LogP contribution in [0.1, 0.15) is 0 Å². The van der Waals surface area contributed by atoms with Gasteiger partial charge in [-0.1, -0.05) is 15.9 Å². The van der Waals surface area contributed by atoms with Gasteiger partial charge in [0.25, 0.3) is 0 Å². The maximum absolute atomic E-state index is 10.9. The Balaban J connectivity index is 3.06. The summed E-state index contributed by atoms with van der Waals surface area (Å²) in [6, 6.07) is 4.15. The SMILES string of the molecule is CNC(=O)Oc1ccc(Br)cc1[N+](=O)[O-]. The molecule has 1 amide bonds. The van der Waals surface area contributed by atoms with Gasteiger partial charge in [-0.2, -0.15) is 0 Å². The number of nitro benzene ring substituents is 1. The van der Waals surface area contributed by atoms with Crippen molar-refractivity contribution in [3.05, 3.63) is 32.8 Å². The third-order valence-corrected chi connectivity index (χ3v) is 2.02. The van der Waals surface area contributed by atoms with Gasteiger partial charge < -0.3 is 10.1 Å². The largest absolute Gasteiger partial charge is 0.412 e. The molecule has 0 aliphatic heterocycles. The van der Waals surface area contributed by atoms with E-state index >= 15 is 0 Å². The molecule has 0 unspecified atom stereocenters. The number of carbonyl (C=O) groups is 1. The van der Waals surface area contributed by atoms with Gasteiger partial charge in [-0.05, 0) is 12.1 Å². The average molecular weight is 275 g/mol. The Morgan fingerprint density at radius 3 is 2.80 bits per heavy atom. The van der Waals surface area contributed by atoms with Gasteiger partial charge in [0.2, 0.25) is 5.75 Å². The number of nitro groups is 1. The van der Waals surface area contributed by atoms with Gasteiger partial charge in [-0.25, -0.2) is 4.79 Å². The molecule has 1 rings (SSSR count). The number of carbonyl (C=O) groups excluding carboxylic acids is 1. The first-order valence-corrected chi connectivity index (χ1v) is 4.67. The molecule has 1 aromatic carbocycles. The Kier molecular flexibility index (Phi) is 3.62. The van der Waals surface area contributed by atoms with Crippen LogP contribution in [-0.4, -0.2) is 18.1 Å². The first-order chi connectivity index (χ1) is 7.04. The second-order valence-corrected chi connectivity index (χ2v) is 3.42. The van der Waals surface area contributed by atoms with E-state index in [-0.39, 0.29) is 11.4 Å². The zero-order valence-electron chi connectivity index (χ0n) is 7.69. The molecule has 1 aromatic rings. The fraction of sp³-hybridized carbons (Fsp3) is 0.125. The second-order valence-electron chi connectivity index (χ2n) is 2.51. The molecule has 0 radical (unpaired) electrons. The second kappa shape index (κ2) is 4.74. The summed E-state index contributed by atoms with van der Waals surface area (Å²) >= 11 is 3.09. The highest BCUT2D eigenvalue weighted by Gasteiger charge is 2.17. The van der Waals surface area contributed by atoms with Crippen molar-refractivity contribution in [2.45, 2.75) is 0 Å². The van der Waals surface area contributed by atoms with Crippen molar-refractivity contribution in [1.29, 1.82) is 0 Å². The van der Waals surface area contributed by atoms with Gasteiger partial charge in [0.05, 0.1) is 4.92 Å². The van der Waals surface area contributed by atoms with Crippen LogP contribution in [0.2, 0.25) is 0 Å².